The van der Waals surface area contributed by atoms with Crippen molar-refractivity contribution in [3.63, 3.8) is 0 Å². The molecule has 0 aliphatic carbocycles. The van der Waals surface area contributed by atoms with Crippen molar-refractivity contribution < 1.29 is 42.1 Å². The van der Waals surface area contributed by atoms with Crippen LogP contribution in [0.1, 0.15) is 62.6 Å². The Bertz CT molecular complexity index is 1540. The van der Waals surface area contributed by atoms with E-state index >= 15 is 0 Å². The number of aliphatic carboxylic acids is 2. The molecule has 0 saturated carbocycles. The molecule has 2 fully saturated rings. The zero-order chi connectivity index (χ0) is 34.9. The number of nitrogens with zero attached hydrogens (tertiary/aromatic N) is 1. The zero-order valence-electron chi connectivity index (χ0n) is 27.2. The minimum absolute atomic E-state index is 0.0404. The fraction of sp³-hybridized carbons (Fsp3) is 0.459. The van der Waals surface area contributed by atoms with Crippen molar-refractivity contribution in [1.82, 2.24) is 10.2 Å². The molecule has 0 bridgehead atoms. The maximum atomic E-state index is 13.9. The molecule has 11 heteroatoms. The first-order chi connectivity index (χ1) is 22.7. The lowest BCUT2D eigenvalue weighted by Crippen LogP contribution is -2.69. The van der Waals surface area contributed by atoms with Gasteiger partial charge < -0.3 is 25.2 Å². The molecule has 48 heavy (non-hydrogen) atoms. The Kier molecular flexibility index (Phi) is 9.95. The molecular formula is C37H42F4N2O5. The summed E-state index contributed by atoms with van der Waals surface area (Å²) in [6.45, 7) is 6.42. The highest BCUT2D eigenvalue weighted by Gasteiger charge is 2.65. The van der Waals surface area contributed by atoms with Crippen LogP contribution in [0.4, 0.5) is 17.6 Å². The fourth-order valence-corrected chi connectivity index (χ4v) is 8.18. The third-order valence-corrected chi connectivity index (χ3v) is 11.0. The summed E-state index contributed by atoms with van der Waals surface area (Å²) in [7, 11) is 0. The SMILES string of the molecule is CC1NC(C)C(CCN2CCC(c3ccccc3)(c3ccccc3)CC2)(C(=O)O)C(c2cccc(OC(F)(F)C(F)F)c2)C1(C)C(=O)O. The van der Waals surface area contributed by atoms with Crippen LogP contribution in [0.15, 0.2) is 84.9 Å². The summed E-state index contributed by atoms with van der Waals surface area (Å²) in [6, 6.07) is 24.0. The molecule has 7 nitrogen and oxygen atoms in total. The Morgan fingerprint density at radius 2 is 1.46 bits per heavy atom. The van der Waals surface area contributed by atoms with Gasteiger partial charge in [-0.3, -0.25) is 9.59 Å². The Morgan fingerprint density at radius 3 is 1.96 bits per heavy atom. The van der Waals surface area contributed by atoms with Crippen LogP contribution in [0.25, 0.3) is 0 Å². The molecule has 2 saturated heterocycles. The van der Waals surface area contributed by atoms with Gasteiger partial charge in [0, 0.05) is 23.4 Å². The highest BCUT2D eigenvalue weighted by Crippen LogP contribution is 2.57. The van der Waals surface area contributed by atoms with Gasteiger partial charge in [-0.25, -0.2) is 0 Å². The quantitative estimate of drug-likeness (QED) is 0.189. The summed E-state index contributed by atoms with van der Waals surface area (Å²) in [4.78, 5) is 28.8. The van der Waals surface area contributed by atoms with Crippen molar-refractivity contribution >= 4 is 11.9 Å². The van der Waals surface area contributed by atoms with Crippen molar-refractivity contribution in [2.75, 3.05) is 19.6 Å². The number of ether oxygens (including phenoxy) is 1. The number of hydrogen-bond donors (Lipinski definition) is 3. The van der Waals surface area contributed by atoms with Crippen molar-refractivity contribution in [1.29, 1.82) is 0 Å². The van der Waals surface area contributed by atoms with E-state index in [-0.39, 0.29) is 17.4 Å². The first-order valence-electron chi connectivity index (χ1n) is 16.2. The number of carboxylic acid groups (broad SMARTS) is 2. The van der Waals surface area contributed by atoms with Crippen molar-refractivity contribution in [2.24, 2.45) is 10.8 Å². The second kappa shape index (κ2) is 13.5. The number of benzene rings is 3. The second-order valence-electron chi connectivity index (χ2n) is 13.4. The van der Waals surface area contributed by atoms with E-state index < -0.39 is 59.1 Å². The van der Waals surface area contributed by atoms with E-state index in [1.807, 2.05) is 36.4 Å². The van der Waals surface area contributed by atoms with Gasteiger partial charge in [0.15, 0.2) is 0 Å². The van der Waals surface area contributed by atoms with Crippen LogP contribution in [-0.2, 0) is 15.0 Å². The molecule has 0 radical (unpaired) electrons. The van der Waals surface area contributed by atoms with E-state index in [0.717, 1.165) is 25.0 Å². The topological polar surface area (TPSA) is 99.1 Å². The van der Waals surface area contributed by atoms with Gasteiger partial charge in [0.05, 0.1) is 10.8 Å². The summed E-state index contributed by atoms with van der Waals surface area (Å²) in [5.41, 5.74) is -1.18. The van der Waals surface area contributed by atoms with Gasteiger partial charge >= 0.3 is 24.5 Å². The third kappa shape index (κ3) is 6.18. The summed E-state index contributed by atoms with van der Waals surface area (Å²) >= 11 is 0. The third-order valence-electron chi connectivity index (χ3n) is 11.0. The fourth-order valence-electron chi connectivity index (χ4n) is 8.18. The number of likely N-dealkylation sites (tertiary alicyclic amines) is 1. The van der Waals surface area contributed by atoms with E-state index in [2.05, 4.69) is 39.2 Å². The van der Waals surface area contributed by atoms with Gasteiger partial charge in [-0.15, -0.1) is 0 Å². The highest BCUT2D eigenvalue weighted by molar-refractivity contribution is 5.84. The first-order valence-corrected chi connectivity index (χ1v) is 16.2. The van der Waals surface area contributed by atoms with Gasteiger partial charge in [0.25, 0.3) is 0 Å². The zero-order valence-corrected chi connectivity index (χ0v) is 27.2. The van der Waals surface area contributed by atoms with Crippen LogP contribution in [0, 0.1) is 10.8 Å². The average Bonchev–Trinajstić information content (AvgIpc) is 3.06. The number of alkyl halides is 4. The van der Waals surface area contributed by atoms with E-state index in [4.69, 9.17) is 0 Å². The van der Waals surface area contributed by atoms with Crippen LogP contribution in [-0.4, -0.2) is 71.3 Å². The van der Waals surface area contributed by atoms with Crippen LogP contribution in [0.5, 0.6) is 5.75 Å². The molecule has 3 aromatic rings. The second-order valence-corrected chi connectivity index (χ2v) is 13.4. The summed E-state index contributed by atoms with van der Waals surface area (Å²) in [6.07, 6.45) is -7.30. The lowest BCUT2D eigenvalue weighted by molar-refractivity contribution is -0.253. The molecular weight excluding hydrogens is 628 g/mol. The molecule has 5 atom stereocenters. The van der Waals surface area contributed by atoms with Crippen molar-refractivity contribution in [3.05, 3.63) is 102 Å². The standard InChI is InChI=1S/C37H42F4N2O5/c1-24-34(3,32(44)45)30(26-11-10-16-29(23-26)48-37(40,41)31(38)39)36(33(46)47,25(2)42-24)19-22-43-20-17-35(18-21-43,27-12-6-4-7-13-27)28-14-8-5-9-15-28/h4-16,23-25,30-31,42H,17-22H2,1-3H3,(H,44,45)(H,46,47). The monoisotopic (exact) mass is 670 g/mol. The van der Waals surface area contributed by atoms with Crippen LogP contribution in [0.3, 0.4) is 0 Å². The van der Waals surface area contributed by atoms with Gasteiger partial charge in [-0.1, -0.05) is 72.8 Å². The number of halogens is 4. The molecule has 3 aromatic carbocycles. The summed E-state index contributed by atoms with van der Waals surface area (Å²) in [5, 5.41) is 24.9. The number of carboxylic acids is 2. The molecule has 0 aromatic heterocycles. The normalized spacial score (nSPS) is 27.8. The number of hydrogen-bond acceptors (Lipinski definition) is 5. The van der Waals surface area contributed by atoms with E-state index in [1.54, 1.807) is 13.8 Å². The maximum Gasteiger partial charge on any atom is 0.461 e. The van der Waals surface area contributed by atoms with Gasteiger partial charge in [-0.05, 0) is 88.5 Å². The lowest BCUT2D eigenvalue weighted by Gasteiger charge is -2.56. The highest BCUT2D eigenvalue weighted by atomic mass is 19.3. The van der Waals surface area contributed by atoms with Crippen LogP contribution < -0.4 is 10.1 Å². The molecule has 258 valence electrons. The van der Waals surface area contributed by atoms with Gasteiger partial charge in [-0.2, -0.15) is 17.6 Å². The minimum Gasteiger partial charge on any atom is -0.481 e. The van der Waals surface area contributed by atoms with Crippen LogP contribution in [0.2, 0.25) is 0 Å². The van der Waals surface area contributed by atoms with Gasteiger partial charge in [0.1, 0.15) is 5.75 Å². The molecule has 2 aliphatic heterocycles. The van der Waals surface area contributed by atoms with E-state index in [9.17, 15) is 37.4 Å². The lowest BCUT2D eigenvalue weighted by atomic mass is 9.51. The van der Waals surface area contributed by atoms with E-state index in [0.29, 0.717) is 19.6 Å². The Labute approximate surface area is 277 Å². The Hall–Kier alpha value is -3.96. The molecule has 5 rings (SSSR count). The molecule has 2 heterocycles. The Balaban J connectivity index is 1.49. The predicted octanol–water partition coefficient (Wildman–Crippen LogP) is 7.02. The molecule has 2 aliphatic rings. The first kappa shape index (κ1) is 35.3. The summed E-state index contributed by atoms with van der Waals surface area (Å²) < 4.78 is 58.2. The number of rotatable bonds is 11. The minimum atomic E-state index is -4.80. The molecule has 0 amide bonds. The number of nitrogens with one attached hydrogen (secondary N) is 1. The number of carbonyl (C=O) groups is 2. The van der Waals surface area contributed by atoms with E-state index in [1.165, 1.54) is 30.2 Å². The number of piperidine rings is 2. The van der Waals surface area contributed by atoms with Crippen LogP contribution >= 0.6 is 0 Å². The van der Waals surface area contributed by atoms with Crippen molar-refractivity contribution in [2.45, 2.75) is 76.0 Å². The summed E-state index contributed by atoms with van der Waals surface area (Å²) in [5.74, 6) is -4.37. The van der Waals surface area contributed by atoms with Gasteiger partial charge in [0.2, 0.25) is 0 Å². The molecule has 5 unspecified atom stereocenters. The van der Waals surface area contributed by atoms with Crippen molar-refractivity contribution in [3.8, 4) is 5.75 Å². The maximum absolute atomic E-state index is 13.9. The smallest absolute Gasteiger partial charge is 0.461 e. The molecule has 0 spiro atoms. The Morgan fingerprint density at radius 1 is 0.896 bits per heavy atom. The average molecular weight is 671 g/mol. The largest absolute Gasteiger partial charge is 0.481 e. The predicted molar refractivity (Wildman–Crippen MR) is 173 cm³/mol. The molecule has 3 N–H and O–H groups in total.